The zero-order chi connectivity index (χ0) is 17.0. The van der Waals surface area contributed by atoms with Crippen LogP contribution in [0.4, 0.5) is 4.79 Å². The SMILES string of the molecule is CCN(CCOC)C1(CC(=O)O)CN(C(=O)OC(C)(C)C)C1. The smallest absolute Gasteiger partial charge is 0.410 e. The summed E-state index contributed by atoms with van der Waals surface area (Å²) in [4.78, 5) is 26.9. The maximum atomic E-state index is 12.1. The van der Waals surface area contributed by atoms with Gasteiger partial charge in [0.2, 0.25) is 0 Å². The third-order valence-electron chi connectivity index (χ3n) is 3.72. The summed E-state index contributed by atoms with van der Waals surface area (Å²) < 4.78 is 10.4. The van der Waals surface area contributed by atoms with Gasteiger partial charge in [-0.3, -0.25) is 9.69 Å². The molecule has 0 bridgehead atoms. The monoisotopic (exact) mass is 316 g/mol. The van der Waals surface area contributed by atoms with Crippen LogP contribution in [0.2, 0.25) is 0 Å². The fourth-order valence-corrected chi connectivity index (χ4v) is 2.76. The van der Waals surface area contributed by atoms with Crippen molar-refractivity contribution in [3.05, 3.63) is 0 Å². The average Bonchev–Trinajstić information content (AvgIpc) is 2.32. The Morgan fingerprint density at radius 2 is 1.91 bits per heavy atom. The molecule has 0 aromatic rings. The molecule has 1 rings (SSSR count). The maximum absolute atomic E-state index is 12.1. The number of aliphatic carboxylic acids is 1. The van der Waals surface area contributed by atoms with Gasteiger partial charge in [-0.15, -0.1) is 0 Å². The number of ether oxygens (including phenoxy) is 2. The highest BCUT2D eigenvalue weighted by Crippen LogP contribution is 2.32. The average molecular weight is 316 g/mol. The van der Waals surface area contributed by atoms with Gasteiger partial charge in [0.25, 0.3) is 0 Å². The fourth-order valence-electron chi connectivity index (χ4n) is 2.76. The van der Waals surface area contributed by atoms with Crippen molar-refractivity contribution in [1.82, 2.24) is 9.80 Å². The number of likely N-dealkylation sites (tertiary alicyclic amines) is 1. The highest BCUT2D eigenvalue weighted by Gasteiger charge is 2.51. The van der Waals surface area contributed by atoms with E-state index in [1.54, 1.807) is 12.0 Å². The Balaban J connectivity index is 2.73. The summed E-state index contributed by atoms with van der Waals surface area (Å²) in [6, 6.07) is 0. The molecule has 0 aromatic heterocycles. The summed E-state index contributed by atoms with van der Waals surface area (Å²) in [6.07, 6.45) is -0.388. The zero-order valence-electron chi connectivity index (χ0n) is 14.2. The van der Waals surface area contributed by atoms with Crippen LogP contribution in [0.5, 0.6) is 0 Å². The predicted octanol–water partition coefficient (Wildman–Crippen LogP) is 1.42. The Morgan fingerprint density at radius 3 is 2.32 bits per heavy atom. The molecule has 22 heavy (non-hydrogen) atoms. The third kappa shape index (κ3) is 4.84. The molecular formula is C15H28N2O5. The van der Waals surface area contributed by atoms with Gasteiger partial charge in [-0.05, 0) is 27.3 Å². The number of hydrogen-bond donors (Lipinski definition) is 1. The number of nitrogens with zero attached hydrogens (tertiary/aromatic N) is 2. The Bertz CT molecular complexity index is 399. The molecule has 1 fully saturated rings. The minimum absolute atomic E-state index is 0.00382. The lowest BCUT2D eigenvalue weighted by molar-refractivity contribution is -0.146. The first kappa shape index (κ1) is 18.7. The number of carboxylic acid groups (broad SMARTS) is 1. The molecule has 1 amide bonds. The van der Waals surface area contributed by atoms with E-state index in [9.17, 15) is 14.7 Å². The van der Waals surface area contributed by atoms with E-state index in [1.165, 1.54) is 0 Å². The minimum Gasteiger partial charge on any atom is -0.481 e. The molecule has 1 heterocycles. The van der Waals surface area contributed by atoms with Crippen molar-refractivity contribution >= 4 is 12.1 Å². The molecule has 0 saturated carbocycles. The normalized spacial score (nSPS) is 17.3. The highest BCUT2D eigenvalue weighted by molar-refractivity contribution is 5.73. The van der Waals surface area contributed by atoms with Crippen molar-refractivity contribution in [3.8, 4) is 0 Å². The largest absolute Gasteiger partial charge is 0.481 e. The lowest BCUT2D eigenvalue weighted by Gasteiger charge is -2.54. The van der Waals surface area contributed by atoms with Gasteiger partial charge in [0.15, 0.2) is 0 Å². The molecule has 1 aliphatic heterocycles. The Labute approximate surface area is 132 Å². The molecule has 0 aliphatic carbocycles. The van der Waals surface area contributed by atoms with Gasteiger partial charge < -0.3 is 19.5 Å². The molecule has 0 unspecified atom stereocenters. The summed E-state index contributed by atoms with van der Waals surface area (Å²) in [6.45, 7) is 10.0. The number of hydrogen-bond acceptors (Lipinski definition) is 5. The molecule has 1 aliphatic rings. The summed E-state index contributed by atoms with van der Waals surface area (Å²) in [7, 11) is 1.62. The second-order valence-corrected chi connectivity index (χ2v) is 6.70. The number of methoxy groups -OCH3 is 1. The molecule has 1 saturated heterocycles. The first-order valence-corrected chi connectivity index (χ1v) is 7.57. The molecule has 0 aromatic carbocycles. The van der Waals surface area contributed by atoms with E-state index in [1.807, 2.05) is 27.7 Å². The maximum Gasteiger partial charge on any atom is 0.410 e. The Morgan fingerprint density at radius 1 is 1.32 bits per heavy atom. The minimum atomic E-state index is -0.861. The van der Waals surface area contributed by atoms with Gasteiger partial charge in [-0.1, -0.05) is 6.92 Å². The molecular weight excluding hydrogens is 288 g/mol. The van der Waals surface area contributed by atoms with Crippen molar-refractivity contribution in [2.24, 2.45) is 0 Å². The van der Waals surface area contributed by atoms with Crippen LogP contribution in [-0.4, -0.2) is 78.0 Å². The van der Waals surface area contributed by atoms with Gasteiger partial charge in [-0.2, -0.15) is 0 Å². The lowest BCUT2D eigenvalue weighted by Crippen LogP contribution is -2.72. The van der Waals surface area contributed by atoms with Crippen molar-refractivity contribution in [1.29, 1.82) is 0 Å². The van der Waals surface area contributed by atoms with Gasteiger partial charge in [0, 0.05) is 26.7 Å². The number of carbonyl (C=O) groups is 2. The van der Waals surface area contributed by atoms with Crippen LogP contribution in [0.25, 0.3) is 0 Å². The Kier molecular flexibility index (Phi) is 6.19. The van der Waals surface area contributed by atoms with E-state index in [0.29, 0.717) is 32.8 Å². The molecule has 128 valence electrons. The lowest BCUT2D eigenvalue weighted by atomic mass is 9.84. The molecule has 7 nitrogen and oxygen atoms in total. The van der Waals surface area contributed by atoms with E-state index in [4.69, 9.17) is 9.47 Å². The number of likely N-dealkylation sites (N-methyl/N-ethyl adjacent to an activating group) is 1. The fraction of sp³-hybridized carbons (Fsp3) is 0.867. The molecule has 0 spiro atoms. The topological polar surface area (TPSA) is 79.3 Å². The molecule has 0 atom stereocenters. The van der Waals surface area contributed by atoms with Crippen LogP contribution in [0.3, 0.4) is 0 Å². The first-order valence-electron chi connectivity index (χ1n) is 7.57. The first-order chi connectivity index (χ1) is 10.1. The van der Waals surface area contributed by atoms with E-state index in [-0.39, 0.29) is 6.42 Å². The van der Waals surface area contributed by atoms with Gasteiger partial charge >= 0.3 is 12.1 Å². The molecule has 0 radical (unpaired) electrons. The summed E-state index contributed by atoms with van der Waals surface area (Å²) in [5.74, 6) is -0.861. The van der Waals surface area contributed by atoms with Crippen LogP contribution in [0.15, 0.2) is 0 Å². The van der Waals surface area contributed by atoms with Crippen LogP contribution in [0.1, 0.15) is 34.1 Å². The zero-order valence-corrected chi connectivity index (χ0v) is 14.2. The molecule has 7 heteroatoms. The van der Waals surface area contributed by atoms with Gasteiger partial charge in [0.05, 0.1) is 18.6 Å². The van der Waals surface area contributed by atoms with E-state index >= 15 is 0 Å². The quantitative estimate of drug-likeness (QED) is 0.765. The van der Waals surface area contributed by atoms with Gasteiger partial charge in [-0.25, -0.2) is 4.79 Å². The number of amides is 1. The van der Waals surface area contributed by atoms with Crippen molar-refractivity contribution in [2.45, 2.75) is 45.3 Å². The van der Waals surface area contributed by atoms with Crippen molar-refractivity contribution in [2.75, 3.05) is 39.9 Å². The third-order valence-corrected chi connectivity index (χ3v) is 3.72. The van der Waals surface area contributed by atoms with Crippen LogP contribution in [0, 0.1) is 0 Å². The van der Waals surface area contributed by atoms with Crippen LogP contribution >= 0.6 is 0 Å². The van der Waals surface area contributed by atoms with Crippen molar-refractivity contribution < 1.29 is 24.2 Å². The van der Waals surface area contributed by atoms with Crippen LogP contribution in [-0.2, 0) is 14.3 Å². The second kappa shape index (κ2) is 7.28. The summed E-state index contributed by atoms with van der Waals surface area (Å²) >= 11 is 0. The van der Waals surface area contributed by atoms with Crippen molar-refractivity contribution in [3.63, 3.8) is 0 Å². The predicted molar refractivity (Wildman–Crippen MR) is 81.9 cm³/mol. The summed E-state index contributed by atoms with van der Waals surface area (Å²) in [5, 5.41) is 9.20. The standard InChI is InChI=1S/C15H28N2O5/c1-6-17(7-8-21-5)15(9-12(18)19)10-16(11-15)13(20)22-14(2,3)4/h6-11H2,1-5H3,(H,18,19). The van der Waals surface area contributed by atoms with E-state index in [2.05, 4.69) is 4.90 Å². The van der Waals surface area contributed by atoms with Crippen LogP contribution < -0.4 is 0 Å². The van der Waals surface area contributed by atoms with Gasteiger partial charge in [0.1, 0.15) is 5.60 Å². The highest BCUT2D eigenvalue weighted by atomic mass is 16.6. The number of rotatable bonds is 7. The molecule has 1 N–H and O–H groups in total. The van der Waals surface area contributed by atoms with E-state index < -0.39 is 23.2 Å². The number of carbonyl (C=O) groups excluding carboxylic acids is 1. The number of carboxylic acids is 1. The second-order valence-electron chi connectivity index (χ2n) is 6.70. The van der Waals surface area contributed by atoms with E-state index in [0.717, 1.165) is 0 Å². The Hall–Kier alpha value is -1.34. The summed E-state index contributed by atoms with van der Waals surface area (Å²) in [5.41, 5.74) is -1.08.